The van der Waals surface area contributed by atoms with Crippen molar-refractivity contribution in [3.8, 4) is 5.75 Å². The van der Waals surface area contributed by atoms with Gasteiger partial charge in [-0.3, -0.25) is 0 Å². The largest absolute Gasteiger partial charge is 0.491 e. The van der Waals surface area contributed by atoms with Gasteiger partial charge in [-0.2, -0.15) is 0 Å². The minimum Gasteiger partial charge on any atom is -0.491 e. The molecule has 0 fully saturated rings. The maximum absolute atomic E-state index is 11.7. The molecule has 0 radical (unpaired) electrons. The first kappa shape index (κ1) is 18.1. The lowest BCUT2D eigenvalue weighted by Gasteiger charge is -2.17. The Morgan fingerprint density at radius 2 is 2.04 bits per heavy atom. The summed E-state index contributed by atoms with van der Waals surface area (Å²) in [5.41, 5.74) is 3.70. The number of aromatic nitrogens is 2. The van der Waals surface area contributed by atoms with E-state index in [4.69, 9.17) is 13.8 Å². The van der Waals surface area contributed by atoms with E-state index < -0.39 is 0 Å². The standard InChI is InChI=1S/C19H23N3O4/c1-5-14-8-18(23)25-17-7-11(2)6-16(19(14)17)24-10-12(3)20-9-15-13(4)21-26-22-15/h6-8,12,20H,5,9-10H2,1-4H3. The second-order valence-electron chi connectivity index (χ2n) is 6.47. The number of nitrogens with one attached hydrogen (secondary N) is 1. The first-order valence-electron chi connectivity index (χ1n) is 8.69. The molecular weight excluding hydrogens is 334 g/mol. The maximum atomic E-state index is 11.7. The molecule has 0 spiro atoms. The summed E-state index contributed by atoms with van der Waals surface area (Å²) in [4.78, 5) is 11.7. The Hall–Kier alpha value is -2.67. The van der Waals surface area contributed by atoms with Crippen molar-refractivity contribution < 1.29 is 13.8 Å². The topological polar surface area (TPSA) is 90.4 Å². The molecular formula is C19H23N3O4. The van der Waals surface area contributed by atoms with Crippen molar-refractivity contribution in [3.05, 3.63) is 51.1 Å². The van der Waals surface area contributed by atoms with E-state index in [1.807, 2.05) is 39.8 Å². The molecule has 1 N–H and O–H groups in total. The number of rotatable bonds is 7. The van der Waals surface area contributed by atoms with Crippen LogP contribution in [0.15, 0.2) is 32.0 Å². The van der Waals surface area contributed by atoms with Crippen molar-refractivity contribution in [2.24, 2.45) is 0 Å². The number of aryl methyl sites for hydroxylation is 3. The number of hydrogen-bond donors (Lipinski definition) is 1. The molecule has 1 atom stereocenters. The highest BCUT2D eigenvalue weighted by Gasteiger charge is 2.13. The van der Waals surface area contributed by atoms with E-state index in [2.05, 4.69) is 15.6 Å². The lowest BCUT2D eigenvalue weighted by molar-refractivity contribution is 0.271. The Morgan fingerprint density at radius 3 is 2.73 bits per heavy atom. The second-order valence-corrected chi connectivity index (χ2v) is 6.47. The monoisotopic (exact) mass is 357 g/mol. The lowest BCUT2D eigenvalue weighted by Crippen LogP contribution is -2.31. The molecule has 0 aliphatic carbocycles. The Bertz CT molecular complexity index is 961. The molecule has 3 rings (SSSR count). The van der Waals surface area contributed by atoms with E-state index in [0.717, 1.165) is 40.1 Å². The minimum absolute atomic E-state index is 0.0856. The smallest absolute Gasteiger partial charge is 0.336 e. The molecule has 2 heterocycles. The SMILES string of the molecule is CCc1cc(=O)oc2cc(C)cc(OCC(C)NCc3nonc3C)c12. The van der Waals surface area contributed by atoms with Crippen LogP contribution in [0.5, 0.6) is 5.75 Å². The highest BCUT2D eigenvalue weighted by Crippen LogP contribution is 2.30. The first-order valence-corrected chi connectivity index (χ1v) is 8.69. The third-order valence-electron chi connectivity index (χ3n) is 4.27. The molecule has 3 aromatic rings. The predicted octanol–water partition coefficient (Wildman–Crippen LogP) is 2.91. The first-order chi connectivity index (χ1) is 12.5. The normalized spacial score (nSPS) is 12.5. The van der Waals surface area contributed by atoms with Gasteiger partial charge in [0.2, 0.25) is 0 Å². The molecule has 0 amide bonds. The average molecular weight is 357 g/mol. The van der Waals surface area contributed by atoms with Crippen LogP contribution in [0.4, 0.5) is 0 Å². The minimum atomic E-state index is -0.336. The van der Waals surface area contributed by atoms with E-state index >= 15 is 0 Å². The van der Waals surface area contributed by atoms with Gasteiger partial charge in [-0.25, -0.2) is 9.42 Å². The summed E-state index contributed by atoms with van der Waals surface area (Å²) in [6.45, 7) is 8.87. The molecule has 0 aliphatic rings. The van der Waals surface area contributed by atoms with E-state index in [1.54, 1.807) is 0 Å². The van der Waals surface area contributed by atoms with Crippen molar-refractivity contribution in [1.29, 1.82) is 0 Å². The van der Waals surface area contributed by atoms with Crippen LogP contribution in [0, 0.1) is 13.8 Å². The quantitative estimate of drug-likeness (QED) is 0.650. The summed E-state index contributed by atoms with van der Waals surface area (Å²) in [6, 6.07) is 5.46. The summed E-state index contributed by atoms with van der Waals surface area (Å²) in [7, 11) is 0. The van der Waals surface area contributed by atoms with Gasteiger partial charge in [-0.15, -0.1) is 0 Å². The lowest BCUT2D eigenvalue weighted by atomic mass is 10.0. The highest BCUT2D eigenvalue weighted by molar-refractivity contribution is 5.87. The van der Waals surface area contributed by atoms with Gasteiger partial charge >= 0.3 is 5.63 Å². The Morgan fingerprint density at radius 1 is 1.23 bits per heavy atom. The summed E-state index contributed by atoms with van der Waals surface area (Å²) < 4.78 is 16.1. The average Bonchev–Trinajstić information content (AvgIpc) is 3.01. The van der Waals surface area contributed by atoms with Gasteiger partial charge in [0.1, 0.15) is 29.3 Å². The van der Waals surface area contributed by atoms with Gasteiger partial charge < -0.3 is 14.5 Å². The second kappa shape index (κ2) is 7.70. The van der Waals surface area contributed by atoms with Crippen molar-refractivity contribution >= 4 is 11.0 Å². The molecule has 0 saturated heterocycles. The Labute approximate surface area is 151 Å². The van der Waals surface area contributed by atoms with Gasteiger partial charge in [0, 0.05) is 18.7 Å². The fourth-order valence-electron chi connectivity index (χ4n) is 2.82. The predicted molar refractivity (Wildman–Crippen MR) is 97.4 cm³/mol. The Balaban J connectivity index is 1.75. The molecule has 26 heavy (non-hydrogen) atoms. The van der Waals surface area contributed by atoms with Crippen molar-refractivity contribution in [2.45, 2.75) is 46.7 Å². The van der Waals surface area contributed by atoms with Crippen molar-refractivity contribution in [1.82, 2.24) is 15.6 Å². The van der Waals surface area contributed by atoms with Crippen LogP contribution in [-0.2, 0) is 13.0 Å². The van der Waals surface area contributed by atoms with Crippen LogP contribution in [-0.4, -0.2) is 23.0 Å². The molecule has 0 aliphatic heterocycles. The Kier molecular flexibility index (Phi) is 5.37. The van der Waals surface area contributed by atoms with E-state index in [9.17, 15) is 4.79 Å². The summed E-state index contributed by atoms with van der Waals surface area (Å²) in [5, 5.41) is 11.8. The van der Waals surface area contributed by atoms with Gasteiger partial charge in [0.05, 0.1) is 5.39 Å². The molecule has 7 heteroatoms. The molecule has 0 saturated carbocycles. The van der Waals surface area contributed by atoms with Crippen LogP contribution in [0.1, 0.15) is 36.4 Å². The molecule has 138 valence electrons. The third-order valence-corrected chi connectivity index (χ3v) is 4.27. The number of benzene rings is 1. The zero-order valence-corrected chi connectivity index (χ0v) is 15.5. The van der Waals surface area contributed by atoms with Crippen LogP contribution >= 0.6 is 0 Å². The van der Waals surface area contributed by atoms with E-state index in [1.165, 1.54) is 6.07 Å². The van der Waals surface area contributed by atoms with Gasteiger partial charge in [-0.1, -0.05) is 17.2 Å². The number of nitrogens with zero attached hydrogens (tertiary/aromatic N) is 2. The number of ether oxygens (including phenoxy) is 1. The van der Waals surface area contributed by atoms with Crippen LogP contribution in [0.3, 0.4) is 0 Å². The fraction of sp³-hybridized carbons (Fsp3) is 0.421. The van der Waals surface area contributed by atoms with Crippen LogP contribution in [0.2, 0.25) is 0 Å². The fourth-order valence-corrected chi connectivity index (χ4v) is 2.82. The van der Waals surface area contributed by atoms with Crippen LogP contribution in [0.25, 0.3) is 11.0 Å². The van der Waals surface area contributed by atoms with Gasteiger partial charge in [-0.05, 0) is 50.5 Å². The summed E-state index contributed by atoms with van der Waals surface area (Å²) >= 11 is 0. The zero-order chi connectivity index (χ0) is 18.7. The maximum Gasteiger partial charge on any atom is 0.336 e. The van der Waals surface area contributed by atoms with E-state index in [0.29, 0.717) is 18.7 Å². The highest BCUT2D eigenvalue weighted by atomic mass is 16.6. The molecule has 1 unspecified atom stereocenters. The zero-order valence-electron chi connectivity index (χ0n) is 15.5. The number of hydrogen-bond acceptors (Lipinski definition) is 7. The van der Waals surface area contributed by atoms with Gasteiger partial charge in [0.15, 0.2) is 0 Å². The van der Waals surface area contributed by atoms with Crippen molar-refractivity contribution in [3.63, 3.8) is 0 Å². The third kappa shape index (κ3) is 3.94. The summed E-state index contributed by atoms with van der Waals surface area (Å²) in [5.74, 6) is 0.730. The molecule has 2 aromatic heterocycles. The van der Waals surface area contributed by atoms with Gasteiger partial charge in [0.25, 0.3) is 0 Å². The molecule has 1 aromatic carbocycles. The molecule has 0 bridgehead atoms. The van der Waals surface area contributed by atoms with E-state index in [-0.39, 0.29) is 11.7 Å². The van der Waals surface area contributed by atoms with Crippen LogP contribution < -0.4 is 15.7 Å². The molecule has 7 nitrogen and oxygen atoms in total. The summed E-state index contributed by atoms with van der Waals surface area (Å²) in [6.07, 6.45) is 0.730. The van der Waals surface area contributed by atoms with Crippen molar-refractivity contribution in [2.75, 3.05) is 6.61 Å². The number of fused-ring (bicyclic) bond motifs is 1.